The van der Waals surface area contributed by atoms with Gasteiger partial charge in [-0.05, 0) is 29.1 Å². The highest BCUT2D eigenvalue weighted by atomic mass is 16.4. The van der Waals surface area contributed by atoms with Crippen LogP contribution in [-0.4, -0.2) is 22.6 Å². The molecule has 2 rings (SSSR count). The fraction of sp³-hybridized carbons (Fsp3) is 0.182. The van der Waals surface area contributed by atoms with E-state index in [2.05, 4.69) is 10.3 Å². The Hall–Kier alpha value is -1.81. The van der Waals surface area contributed by atoms with Gasteiger partial charge in [-0.15, -0.1) is 0 Å². The maximum atomic E-state index is 10.3. The highest BCUT2D eigenvalue weighted by molar-refractivity contribution is 5.79. The molecule has 0 spiro atoms. The van der Waals surface area contributed by atoms with Crippen LogP contribution in [0.4, 0.5) is 0 Å². The molecule has 1 heterocycles. The number of hydrogen-bond donors (Lipinski definition) is 3. The number of carboxylic acids is 1. The number of rotatable bonds is 4. The van der Waals surface area contributed by atoms with E-state index in [0.717, 1.165) is 16.5 Å². The summed E-state index contributed by atoms with van der Waals surface area (Å²) >= 11 is 0. The lowest BCUT2D eigenvalue weighted by atomic mass is 10.1. The minimum absolute atomic E-state index is 0.00876. The zero-order valence-corrected chi connectivity index (χ0v) is 8.16. The molecule has 15 heavy (non-hydrogen) atoms. The zero-order chi connectivity index (χ0) is 10.7. The molecule has 3 N–H and O–H groups in total. The minimum atomic E-state index is -0.835. The average Bonchev–Trinajstić information content (AvgIpc) is 2.64. The van der Waals surface area contributed by atoms with Crippen molar-refractivity contribution in [1.82, 2.24) is 10.3 Å². The van der Waals surface area contributed by atoms with Crippen LogP contribution in [0.1, 0.15) is 5.56 Å². The molecule has 0 atom stereocenters. The molecule has 78 valence electrons. The van der Waals surface area contributed by atoms with Gasteiger partial charge < -0.3 is 15.4 Å². The first kappa shape index (κ1) is 9.73. The minimum Gasteiger partial charge on any atom is -0.480 e. The normalized spacial score (nSPS) is 10.7. The van der Waals surface area contributed by atoms with Crippen LogP contribution in [-0.2, 0) is 11.3 Å². The van der Waals surface area contributed by atoms with E-state index in [9.17, 15) is 4.79 Å². The summed E-state index contributed by atoms with van der Waals surface area (Å²) in [5.74, 6) is -0.835. The molecule has 4 nitrogen and oxygen atoms in total. The summed E-state index contributed by atoms with van der Waals surface area (Å²) < 4.78 is 0. The molecule has 0 radical (unpaired) electrons. The van der Waals surface area contributed by atoms with E-state index < -0.39 is 5.97 Å². The first-order valence-electron chi connectivity index (χ1n) is 4.74. The smallest absolute Gasteiger partial charge is 0.317 e. The van der Waals surface area contributed by atoms with Crippen molar-refractivity contribution in [3.05, 3.63) is 36.0 Å². The number of nitrogens with one attached hydrogen (secondary N) is 2. The molecule has 0 saturated heterocycles. The molecule has 0 amide bonds. The predicted molar refractivity (Wildman–Crippen MR) is 57.6 cm³/mol. The number of benzene rings is 1. The number of fused-ring (bicyclic) bond motifs is 1. The van der Waals surface area contributed by atoms with E-state index in [1.165, 1.54) is 0 Å². The second-order valence-electron chi connectivity index (χ2n) is 3.40. The molecule has 0 saturated carbocycles. The van der Waals surface area contributed by atoms with Gasteiger partial charge in [-0.3, -0.25) is 4.79 Å². The average molecular weight is 204 g/mol. The highest BCUT2D eigenvalue weighted by Gasteiger charge is 1.98. The Labute approximate surface area is 86.9 Å². The molecule has 0 unspecified atom stereocenters. The van der Waals surface area contributed by atoms with Gasteiger partial charge in [-0.25, -0.2) is 0 Å². The van der Waals surface area contributed by atoms with Crippen molar-refractivity contribution >= 4 is 16.9 Å². The Morgan fingerprint density at radius 3 is 3.07 bits per heavy atom. The summed E-state index contributed by atoms with van der Waals surface area (Å²) in [5, 5.41) is 12.5. The monoisotopic (exact) mass is 204 g/mol. The van der Waals surface area contributed by atoms with Gasteiger partial charge in [0.25, 0.3) is 0 Å². The SMILES string of the molecule is O=C(O)CNCc1ccc2[nH]ccc2c1. The van der Waals surface area contributed by atoms with Crippen molar-refractivity contribution in [3.63, 3.8) is 0 Å². The van der Waals surface area contributed by atoms with E-state index in [1.807, 2.05) is 30.5 Å². The van der Waals surface area contributed by atoms with Crippen LogP contribution < -0.4 is 5.32 Å². The van der Waals surface area contributed by atoms with Crippen LogP contribution in [0.25, 0.3) is 10.9 Å². The second kappa shape index (κ2) is 4.14. The van der Waals surface area contributed by atoms with Crippen LogP contribution in [0.3, 0.4) is 0 Å². The Morgan fingerprint density at radius 1 is 1.40 bits per heavy atom. The number of aromatic amines is 1. The summed E-state index contributed by atoms with van der Waals surface area (Å²) in [5.41, 5.74) is 2.18. The molecule has 0 fully saturated rings. The van der Waals surface area contributed by atoms with Crippen LogP contribution in [0.15, 0.2) is 30.5 Å². The predicted octanol–water partition coefficient (Wildman–Crippen LogP) is 1.34. The van der Waals surface area contributed by atoms with Gasteiger partial charge in [0.05, 0.1) is 6.54 Å². The number of carboxylic acid groups (broad SMARTS) is 1. The number of aromatic nitrogens is 1. The first-order valence-corrected chi connectivity index (χ1v) is 4.74. The first-order chi connectivity index (χ1) is 7.25. The Bertz CT molecular complexity index is 476. The highest BCUT2D eigenvalue weighted by Crippen LogP contribution is 2.13. The van der Waals surface area contributed by atoms with Crippen molar-refractivity contribution in [2.24, 2.45) is 0 Å². The number of hydrogen-bond acceptors (Lipinski definition) is 2. The third-order valence-electron chi connectivity index (χ3n) is 2.22. The van der Waals surface area contributed by atoms with Gasteiger partial charge in [-0.2, -0.15) is 0 Å². The summed E-state index contributed by atoms with van der Waals surface area (Å²) in [6.45, 7) is 0.568. The lowest BCUT2D eigenvalue weighted by Crippen LogP contribution is -2.21. The Morgan fingerprint density at radius 2 is 2.27 bits per heavy atom. The topological polar surface area (TPSA) is 65.1 Å². The van der Waals surface area contributed by atoms with E-state index in [0.29, 0.717) is 6.54 Å². The van der Waals surface area contributed by atoms with E-state index in [-0.39, 0.29) is 6.54 Å². The van der Waals surface area contributed by atoms with E-state index in [4.69, 9.17) is 5.11 Å². The van der Waals surface area contributed by atoms with Gasteiger partial charge in [0, 0.05) is 18.3 Å². The summed E-state index contributed by atoms with van der Waals surface area (Å²) in [4.78, 5) is 13.4. The number of carbonyl (C=O) groups is 1. The zero-order valence-electron chi connectivity index (χ0n) is 8.16. The molecule has 0 aliphatic rings. The molecule has 0 aliphatic heterocycles. The van der Waals surface area contributed by atoms with Crippen molar-refractivity contribution < 1.29 is 9.90 Å². The summed E-state index contributed by atoms with van der Waals surface area (Å²) in [6, 6.07) is 8.01. The molecular weight excluding hydrogens is 192 g/mol. The van der Waals surface area contributed by atoms with Gasteiger partial charge in [-0.1, -0.05) is 6.07 Å². The lowest BCUT2D eigenvalue weighted by Gasteiger charge is -2.02. The maximum absolute atomic E-state index is 10.3. The standard InChI is InChI=1S/C11H12N2O2/c14-11(15)7-12-6-8-1-2-10-9(5-8)3-4-13-10/h1-5,12-13H,6-7H2,(H,14,15). The van der Waals surface area contributed by atoms with Crippen LogP contribution in [0.2, 0.25) is 0 Å². The molecule has 4 heteroatoms. The quantitative estimate of drug-likeness (QED) is 0.704. The molecular formula is C11H12N2O2. The number of aliphatic carboxylic acids is 1. The van der Waals surface area contributed by atoms with Crippen LogP contribution in [0.5, 0.6) is 0 Å². The Kier molecular flexibility index (Phi) is 2.69. The molecule has 0 aliphatic carbocycles. The Balaban J connectivity index is 2.04. The molecule has 2 aromatic rings. The summed E-state index contributed by atoms with van der Waals surface area (Å²) in [7, 11) is 0. The fourth-order valence-corrected chi connectivity index (χ4v) is 1.53. The molecule has 1 aromatic heterocycles. The third-order valence-corrected chi connectivity index (χ3v) is 2.22. The third kappa shape index (κ3) is 2.35. The van der Waals surface area contributed by atoms with E-state index >= 15 is 0 Å². The van der Waals surface area contributed by atoms with Crippen molar-refractivity contribution in [2.75, 3.05) is 6.54 Å². The summed E-state index contributed by atoms with van der Waals surface area (Å²) in [6.07, 6.45) is 1.89. The van der Waals surface area contributed by atoms with Gasteiger partial charge >= 0.3 is 5.97 Å². The van der Waals surface area contributed by atoms with Gasteiger partial charge in [0.1, 0.15) is 0 Å². The fourth-order valence-electron chi connectivity index (χ4n) is 1.53. The van der Waals surface area contributed by atoms with Gasteiger partial charge in [0.15, 0.2) is 0 Å². The lowest BCUT2D eigenvalue weighted by molar-refractivity contribution is -0.135. The maximum Gasteiger partial charge on any atom is 0.317 e. The largest absolute Gasteiger partial charge is 0.480 e. The molecule has 0 bridgehead atoms. The number of H-pyrrole nitrogens is 1. The second-order valence-corrected chi connectivity index (χ2v) is 3.40. The van der Waals surface area contributed by atoms with E-state index in [1.54, 1.807) is 0 Å². The van der Waals surface area contributed by atoms with Crippen molar-refractivity contribution in [2.45, 2.75) is 6.54 Å². The van der Waals surface area contributed by atoms with Crippen molar-refractivity contribution in [3.8, 4) is 0 Å². The molecule has 1 aromatic carbocycles. The van der Waals surface area contributed by atoms with Crippen molar-refractivity contribution in [1.29, 1.82) is 0 Å². The van der Waals surface area contributed by atoms with Crippen LogP contribution >= 0.6 is 0 Å². The van der Waals surface area contributed by atoms with Gasteiger partial charge in [0.2, 0.25) is 0 Å². The van der Waals surface area contributed by atoms with Crippen LogP contribution in [0, 0.1) is 0 Å².